The molecule has 0 aliphatic heterocycles. The average molecular weight is 220 g/mol. The molecule has 1 aromatic carbocycles. The molecule has 0 aliphatic carbocycles. The van der Waals surface area contributed by atoms with Crippen molar-refractivity contribution in [2.75, 3.05) is 0 Å². The summed E-state index contributed by atoms with van der Waals surface area (Å²) in [4.78, 5) is 0. The fourth-order valence-electron chi connectivity index (χ4n) is 1.65. The molecule has 0 amide bonds. The highest BCUT2D eigenvalue weighted by atomic mass is 19.2. The Morgan fingerprint density at radius 2 is 1.88 bits per heavy atom. The Morgan fingerprint density at radius 3 is 2.69 bits per heavy atom. The molecule has 0 aliphatic rings. The van der Waals surface area contributed by atoms with E-state index in [-0.39, 0.29) is 0 Å². The number of fused-ring (bicyclic) bond motifs is 3. The SMILES string of the molecule is Cc1nnc2c3cc(F)c(F)cc3cnn12. The molecule has 0 saturated heterocycles. The lowest BCUT2D eigenvalue weighted by Gasteiger charge is -2.00. The van der Waals surface area contributed by atoms with E-state index in [2.05, 4.69) is 15.3 Å². The van der Waals surface area contributed by atoms with Crippen LogP contribution < -0.4 is 0 Å². The molecule has 0 saturated carbocycles. The first-order valence-corrected chi connectivity index (χ1v) is 4.62. The predicted octanol–water partition coefficient (Wildman–Crippen LogP) is 1.86. The van der Waals surface area contributed by atoms with E-state index in [9.17, 15) is 8.78 Å². The van der Waals surface area contributed by atoms with Gasteiger partial charge in [-0.05, 0) is 19.1 Å². The third-order valence-electron chi connectivity index (χ3n) is 2.44. The Bertz CT molecular complexity index is 705. The highest BCUT2D eigenvalue weighted by Gasteiger charge is 2.10. The van der Waals surface area contributed by atoms with Gasteiger partial charge in [0.05, 0.1) is 6.20 Å². The van der Waals surface area contributed by atoms with Crippen molar-refractivity contribution >= 4 is 16.4 Å². The van der Waals surface area contributed by atoms with E-state index in [1.807, 2.05) is 0 Å². The van der Waals surface area contributed by atoms with Gasteiger partial charge in [0.1, 0.15) is 0 Å². The van der Waals surface area contributed by atoms with E-state index in [0.29, 0.717) is 22.2 Å². The Kier molecular flexibility index (Phi) is 1.68. The number of hydrogen-bond acceptors (Lipinski definition) is 3. The summed E-state index contributed by atoms with van der Waals surface area (Å²) < 4.78 is 27.6. The molecule has 0 fully saturated rings. The van der Waals surface area contributed by atoms with Gasteiger partial charge in [-0.25, -0.2) is 8.78 Å². The largest absolute Gasteiger partial charge is 0.204 e. The molecule has 0 unspecified atom stereocenters. The molecule has 3 rings (SSSR count). The lowest BCUT2D eigenvalue weighted by Crippen LogP contribution is -1.95. The van der Waals surface area contributed by atoms with Crippen LogP contribution in [0, 0.1) is 18.6 Å². The Balaban J connectivity index is 2.55. The van der Waals surface area contributed by atoms with Gasteiger partial charge in [-0.3, -0.25) is 0 Å². The van der Waals surface area contributed by atoms with Crippen LogP contribution in [0.25, 0.3) is 16.4 Å². The van der Waals surface area contributed by atoms with Gasteiger partial charge >= 0.3 is 0 Å². The van der Waals surface area contributed by atoms with E-state index in [1.165, 1.54) is 10.7 Å². The zero-order valence-electron chi connectivity index (χ0n) is 8.28. The van der Waals surface area contributed by atoms with Crippen molar-refractivity contribution in [1.82, 2.24) is 19.8 Å². The molecule has 0 N–H and O–H groups in total. The molecular formula is C10H6F2N4. The van der Waals surface area contributed by atoms with Gasteiger partial charge in [0, 0.05) is 10.8 Å². The number of nitrogens with zero attached hydrogens (tertiary/aromatic N) is 4. The summed E-state index contributed by atoms with van der Waals surface area (Å²) in [5.41, 5.74) is 0.425. The topological polar surface area (TPSA) is 43.1 Å². The summed E-state index contributed by atoms with van der Waals surface area (Å²) in [6.07, 6.45) is 1.46. The van der Waals surface area contributed by atoms with Crippen LogP contribution in [-0.2, 0) is 0 Å². The average Bonchev–Trinajstić information content (AvgIpc) is 2.63. The maximum atomic E-state index is 13.1. The van der Waals surface area contributed by atoms with Crippen molar-refractivity contribution in [3.05, 3.63) is 35.8 Å². The number of hydrogen-bond donors (Lipinski definition) is 0. The summed E-state index contributed by atoms with van der Waals surface area (Å²) in [6, 6.07) is 2.21. The van der Waals surface area contributed by atoms with Gasteiger partial charge in [-0.1, -0.05) is 0 Å². The van der Waals surface area contributed by atoms with E-state index in [1.54, 1.807) is 6.92 Å². The highest BCUT2D eigenvalue weighted by molar-refractivity contribution is 5.93. The molecule has 0 radical (unpaired) electrons. The molecule has 2 heterocycles. The van der Waals surface area contributed by atoms with Crippen LogP contribution >= 0.6 is 0 Å². The summed E-state index contributed by atoms with van der Waals surface area (Å²) in [5.74, 6) is -1.20. The second-order valence-corrected chi connectivity index (χ2v) is 3.48. The standard InChI is InChI=1S/C10H6F2N4/c1-5-14-15-10-7-3-9(12)8(11)2-6(7)4-13-16(5)10/h2-4H,1H3. The maximum Gasteiger partial charge on any atom is 0.185 e. The number of benzene rings is 1. The first-order valence-electron chi connectivity index (χ1n) is 4.62. The van der Waals surface area contributed by atoms with Gasteiger partial charge in [-0.2, -0.15) is 9.61 Å². The second-order valence-electron chi connectivity index (χ2n) is 3.48. The van der Waals surface area contributed by atoms with Crippen LogP contribution in [0.5, 0.6) is 0 Å². The third kappa shape index (κ3) is 1.09. The van der Waals surface area contributed by atoms with Crippen LogP contribution in [-0.4, -0.2) is 19.8 Å². The first kappa shape index (κ1) is 9.14. The minimum absolute atomic E-state index is 0.425. The van der Waals surface area contributed by atoms with Crippen molar-refractivity contribution in [3.63, 3.8) is 0 Å². The smallest absolute Gasteiger partial charge is 0.185 e. The Labute approximate surface area is 88.5 Å². The Morgan fingerprint density at radius 1 is 1.12 bits per heavy atom. The van der Waals surface area contributed by atoms with Crippen molar-refractivity contribution in [2.24, 2.45) is 0 Å². The van der Waals surface area contributed by atoms with Gasteiger partial charge in [0.2, 0.25) is 0 Å². The molecule has 16 heavy (non-hydrogen) atoms. The van der Waals surface area contributed by atoms with E-state index >= 15 is 0 Å². The molecule has 3 aromatic rings. The van der Waals surface area contributed by atoms with Crippen LogP contribution in [0.1, 0.15) is 5.82 Å². The molecule has 0 bridgehead atoms. The molecule has 4 nitrogen and oxygen atoms in total. The highest BCUT2D eigenvalue weighted by Crippen LogP contribution is 2.20. The predicted molar refractivity (Wildman–Crippen MR) is 52.9 cm³/mol. The van der Waals surface area contributed by atoms with Crippen molar-refractivity contribution in [1.29, 1.82) is 0 Å². The van der Waals surface area contributed by atoms with Gasteiger partial charge in [-0.15, -0.1) is 10.2 Å². The molecule has 6 heteroatoms. The van der Waals surface area contributed by atoms with Gasteiger partial charge < -0.3 is 0 Å². The van der Waals surface area contributed by atoms with E-state index in [0.717, 1.165) is 12.1 Å². The van der Waals surface area contributed by atoms with Crippen LogP contribution in [0.3, 0.4) is 0 Å². The van der Waals surface area contributed by atoms with E-state index in [4.69, 9.17) is 0 Å². The minimum atomic E-state index is -0.902. The van der Waals surface area contributed by atoms with Gasteiger partial charge in [0.15, 0.2) is 23.1 Å². The lowest BCUT2D eigenvalue weighted by atomic mass is 10.2. The molecule has 0 atom stereocenters. The van der Waals surface area contributed by atoms with Gasteiger partial charge in [0.25, 0.3) is 0 Å². The fraction of sp³-hybridized carbons (Fsp3) is 0.100. The third-order valence-corrected chi connectivity index (χ3v) is 2.44. The fourth-order valence-corrected chi connectivity index (χ4v) is 1.65. The number of aromatic nitrogens is 4. The monoisotopic (exact) mass is 220 g/mol. The zero-order valence-corrected chi connectivity index (χ0v) is 8.28. The van der Waals surface area contributed by atoms with Crippen LogP contribution in [0.15, 0.2) is 18.3 Å². The van der Waals surface area contributed by atoms with E-state index < -0.39 is 11.6 Å². The quantitative estimate of drug-likeness (QED) is 0.580. The Hall–Kier alpha value is -2.11. The lowest BCUT2D eigenvalue weighted by molar-refractivity contribution is 0.511. The summed E-state index contributed by atoms with van der Waals surface area (Å²) in [7, 11) is 0. The van der Waals surface area contributed by atoms with Crippen molar-refractivity contribution in [2.45, 2.75) is 6.92 Å². The normalized spacial score (nSPS) is 11.4. The molecule has 2 aromatic heterocycles. The maximum absolute atomic E-state index is 13.1. The van der Waals surface area contributed by atoms with Crippen LogP contribution in [0.4, 0.5) is 8.78 Å². The van der Waals surface area contributed by atoms with Crippen LogP contribution in [0.2, 0.25) is 0 Å². The zero-order chi connectivity index (χ0) is 11.3. The summed E-state index contributed by atoms with van der Waals surface area (Å²) in [6.45, 7) is 1.73. The summed E-state index contributed by atoms with van der Waals surface area (Å²) >= 11 is 0. The molecule has 0 spiro atoms. The number of aryl methyl sites for hydroxylation is 1. The first-order chi connectivity index (χ1) is 7.66. The number of rotatable bonds is 0. The molecular weight excluding hydrogens is 214 g/mol. The minimum Gasteiger partial charge on any atom is -0.204 e. The number of halogens is 2. The van der Waals surface area contributed by atoms with Crippen molar-refractivity contribution < 1.29 is 8.78 Å². The molecule has 80 valence electrons. The van der Waals surface area contributed by atoms with Crippen molar-refractivity contribution in [3.8, 4) is 0 Å². The second kappa shape index (κ2) is 2.94. The summed E-state index contributed by atoms with van der Waals surface area (Å²) in [5, 5.41) is 12.7.